The normalized spacial score (nSPS) is 15.0. The van der Waals surface area contributed by atoms with Gasteiger partial charge in [-0.05, 0) is 18.4 Å². The van der Waals surface area contributed by atoms with Crippen molar-refractivity contribution in [3.8, 4) is 0 Å². The molecule has 1 atom stereocenters. The Morgan fingerprint density at radius 1 is 1.20 bits per heavy atom. The minimum atomic E-state index is -0.940. The van der Waals surface area contributed by atoms with Gasteiger partial charge in [-0.25, -0.2) is 9.48 Å². The molecule has 2 aromatic rings. The number of nitrogens with zero attached hydrogens (tertiary/aromatic N) is 3. The first-order chi connectivity index (χ1) is 12.1. The zero-order valence-corrected chi connectivity index (χ0v) is 13.9. The maximum absolute atomic E-state index is 12.4. The number of nitrogens with two attached hydrogens (primary N) is 1. The first kappa shape index (κ1) is 16.9. The van der Waals surface area contributed by atoms with E-state index in [0.717, 1.165) is 30.4 Å². The van der Waals surface area contributed by atoms with Gasteiger partial charge in [-0.2, -0.15) is 5.10 Å². The summed E-state index contributed by atoms with van der Waals surface area (Å²) < 4.78 is 2.78. The number of amides is 2. The van der Waals surface area contributed by atoms with Crippen LogP contribution in [-0.4, -0.2) is 26.2 Å². The first-order valence-corrected chi connectivity index (χ1v) is 8.36. The summed E-state index contributed by atoms with van der Waals surface area (Å²) in [5.41, 5.74) is 5.70. The number of hydrogen-bond acceptors (Lipinski definition) is 4. The molecule has 1 aliphatic heterocycles. The molecule has 1 unspecified atom stereocenters. The quantitative estimate of drug-likeness (QED) is 0.802. The molecule has 8 heteroatoms. The van der Waals surface area contributed by atoms with E-state index in [1.165, 1.54) is 0 Å². The lowest BCUT2D eigenvalue weighted by Crippen LogP contribution is -2.40. The fraction of sp³-hybridized carbons (Fsp3) is 0.412. The lowest BCUT2D eigenvalue weighted by atomic mass is 10.1. The third-order valence-electron chi connectivity index (χ3n) is 4.30. The van der Waals surface area contributed by atoms with Crippen molar-refractivity contribution in [3.05, 3.63) is 52.2 Å². The van der Waals surface area contributed by atoms with Crippen molar-refractivity contribution < 1.29 is 9.59 Å². The van der Waals surface area contributed by atoms with Crippen LogP contribution in [0.4, 0.5) is 0 Å². The molecule has 8 nitrogen and oxygen atoms in total. The highest BCUT2D eigenvalue weighted by atomic mass is 16.2. The predicted molar refractivity (Wildman–Crippen MR) is 90.6 cm³/mol. The molecule has 3 N–H and O–H groups in total. The third-order valence-corrected chi connectivity index (χ3v) is 4.30. The van der Waals surface area contributed by atoms with Crippen molar-refractivity contribution in [1.29, 1.82) is 0 Å². The Kier molecular flexibility index (Phi) is 4.97. The molecule has 0 aliphatic carbocycles. The van der Waals surface area contributed by atoms with Gasteiger partial charge in [-0.1, -0.05) is 36.8 Å². The zero-order valence-electron chi connectivity index (χ0n) is 13.9. The van der Waals surface area contributed by atoms with Gasteiger partial charge in [0, 0.05) is 13.0 Å². The van der Waals surface area contributed by atoms with Crippen LogP contribution in [0.3, 0.4) is 0 Å². The van der Waals surface area contributed by atoms with E-state index in [9.17, 15) is 14.4 Å². The van der Waals surface area contributed by atoms with Crippen LogP contribution in [0.5, 0.6) is 0 Å². The molecule has 2 amide bonds. The molecule has 0 bridgehead atoms. The number of hydrogen-bond donors (Lipinski definition) is 2. The van der Waals surface area contributed by atoms with Gasteiger partial charge in [-0.3, -0.25) is 14.2 Å². The van der Waals surface area contributed by atoms with Crippen LogP contribution in [0.1, 0.15) is 36.7 Å². The molecule has 1 aliphatic rings. The van der Waals surface area contributed by atoms with Gasteiger partial charge in [0.25, 0.3) is 0 Å². The van der Waals surface area contributed by atoms with Crippen LogP contribution in [0.2, 0.25) is 0 Å². The standard InChI is InChI=1S/C17H21N5O3/c18-16(24)15(12-7-3-1-4-8-12)19-14(23)11-22-17(25)21-10-6-2-5-9-13(21)20-22/h1,3-4,7-8,15H,2,5-6,9-11H2,(H2,18,24)(H,19,23). The number of fused-ring (bicyclic) bond motifs is 1. The van der Waals surface area contributed by atoms with E-state index in [2.05, 4.69) is 10.4 Å². The van der Waals surface area contributed by atoms with Gasteiger partial charge in [-0.15, -0.1) is 0 Å². The van der Waals surface area contributed by atoms with Crippen molar-refractivity contribution in [1.82, 2.24) is 19.7 Å². The van der Waals surface area contributed by atoms with Gasteiger partial charge in [0.15, 0.2) is 0 Å². The Balaban J connectivity index is 1.74. The Bertz CT molecular complexity index is 825. The summed E-state index contributed by atoms with van der Waals surface area (Å²) in [4.78, 5) is 36.4. The first-order valence-electron chi connectivity index (χ1n) is 8.36. The lowest BCUT2D eigenvalue weighted by molar-refractivity contribution is -0.128. The molecule has 1 aromatic carbocycles. The summed E-state index contributed by atoms with van der Waals surface area (Å²) in [6, 6.07) is 7.80. The van der Waals surface area contributed by atoms with Gasteiger partial charge < -0.3 is 11.1 Å². The van der Waals surface area contributed by atoms with Crippen LogP contribution >= 0.6 is 0 Å². The highest BCUT2D eigenvalue weighted by Crippen LogP contribution is 2.12. The Labute approximate surface area is 144 Å². The molecule has 132 valence electrons. The average Bonchev–Trinajstić information content (AvgIpc) is 2.77. The summed E-state index contributed by atoms with van der Waals surface area (Å²) in [5, 5.41) is 6.84. The van der Waals surface area contributed by atoms with Crippen molar-refractivity contribution in [2.75, 3.05) is 0 Å². The second-order valence-corrected chi connectivity index (χ2v) is 6.13. The number of aromatic nitrogens is 3. The number of carbonyl (C=O) groups excluding carboxylic acids is 2. The monoisotopic (exact) mass is 343 g/mol. The van der Waals surface area contributed by atoms with Gasteiger partial charge in [0.05, 0.1) is 0 Å². The van der Waals surface area contributed by atoms with Crippen molar-refractivity contribution in [2.24, 2.45) is 5.73 Å². The minimum absolute atomic E-state index is 0.241. The number of aryl methyl sites for hydroxylation is 1. The van der Waals surface area contributed by atoms with E-state index in [0.29, 0.717) is 17.9 Å². The van der Waals surface area contributed by atoms with Crippen LogP contribution in [0.25, 0.3) is 0 Å². The van der Waals surface area contributed by atoms with Crippen LogP contribution in [-0.2, 0) is 29.1 Å². The van der Waals surface area contributed by atoms with Crippen LogP contribution in [0.15, 0.2) is 35.1 Å². The molecule has 3 rings (SSSR count). The molecule has 25 heavy (non-hydrogen) atoms. The molecule has 0 radical (unpaired) electrons. The fourth-order valence-electron chi connectivity index (χ4n) is 3.04. The summed E-state index contributed by atoms with van der Waals surface area (Å²) in [6.45, 7) is 0.388. The van der Waals surface area contributed by atoms with Gasteiger partial charge >= 0.3 is 5.69 Å². The minimum Gasteiger partial charge on any atom is -0.368 e. The highest BCUT2D eigenvalue weighted by Gasteiger charge is 2.22. The SMILES string of the molecule is NC(=O)C(NC(=O)Cn1nc2n(c1=O)CCCCC2)c1ccccc1. The van der Waals surface area contributed by atoms with E-state index < -0.39 is 17.9 Å². The summed E-state index contributed by atoms with van der Waals surface area (Å²) in [5.74, 6) is -0.430. The molecule has 0 saturated carbocycles. The topological polar surface area (TPSA) is 112 Å². The van der Waals surface area contributed by atoms with Gasteiger partial charge in [0.2, 0.25) is 11.8 Å². The van der Waals surface area contributed by atoms with Crippen LogP contribution in [0, 0.1) is 0 Å². The molecular formula is C17H21N5O3. The average molecular weight is 343 g/mol. The largest absolute Gasteiger partial charge is 0.368 e. The molecule has 0 saturated heterocycles. The second kappa shape index (κ2) is 7.33. The maximum Gasteiger partial charge on any atom is 0.346 e. The van der Waals surface area contributed by atoms with Crippen LogP contribution < -0.4 is 16.7 Å². The van der Waals surface area contributed by atoms with E-state index in [1.807, 2.05) is 0 Å². The van der Waals surface area contributed by atoms with E-state index >= 15 is 0 Å². The Morgan fingerprint density at radius 2 is 1.96 bits per heavy atom. The van der Waals surface area contributed by atoms with Crippen molar-refractivity contribution >= 4 is 11.8 Å². The smallest absolute Gasteiger partial charge is 0.346 e. The Morgan fingerprint density at radius 3 is 2.68 bits per heavy atom. The lowest BCUT2D eigenvalue weighted by Gasteiger charge is -2.15. The number of rotatable bonds is 5. The second-order valence-electron chi connectivity index (χ2n) is 6.13. The highest BCUT2D eigenvalue weighted by molar-refractivity contribution is 5.87. The molecule has 0 spiro atoms. The number of nitrogens with one attached hydrogen (secondary N) is 1. The molecule has 1 aromatic heterocycles. The summed E-state index contributed by atoms with van der Waals surface area (Å²) in [7, 11) is 0. The predicted octanol–water partition coefficient (Wildman–Crippen LogP) is 0.114. The van der Waals surface area contributed by atoms with Gasteiger partial charge in [0.1, 0.15) is 18.4 Å². The molecule has 2 heterocycles. The van der Waals surface area contributed by atoms with E-state index in [-0.39, 0.29) is 12.2 Å². The third kappa shape index (κ3) is 3.78. The fourth-order valence-corrected chi connectivity index (χ4v) is 3.04. The summed E-state index contributed by atoms with van der Waals surface area (Å²) >= 11 is 0. The molecular weight excluding hydrogens is 322 g/mol. The summed E-state index contributed by atoms with van der Waals surface area (Å²) in [6.07, 6.45) is 3.72. The van der Waals surface area contributed by atoms with Crippen molar-refractivity contribution in [2.45, 2.75) is 44.8 Å². The zero-order chi connectivity index (χ0) is 17.8. The molecule has 0 fully saturated rings. The van der Waals surface area contributed by atoms with E-state index in [4.69, 9.17) is 5.73 Å². The van der Waals surface area contributed by atoms with E-state index in [1.54, 1.807) is 34.9 Å². The Hall–Kier alpha value is -2.90. The number of benzene rings is 1. The maximum atomic E-state index is 12.4. The number of carbonyl (C=O) groups is 2. The number of primary amides is 1. The van der Waals surface area contributed by atoms with Crippen molar-refractivity contribution in [3.63, 3.8) is 0 Å².